The Balaban J connectivity index is 0.00000208. The van der Waals surface area contributed by atoms with Crippen molar-refractivity contribution in [2.45, 2.75) is 13.2 Å². The number of hydrogen-bond acceptors (Lipinski definition) is 3. The predicted octanol–water partition coefficient (Wildman–Crippen LogP) is 4.35. The molecule has 0 amide bonds. The molecule has 0 atom stereocenters. The number of hydrogen-bond donors (Lipinski definition) is 1. The zero-order valence-corrected chi connectivity index (χ0v) is 13.8. The SMILES string of the molecule is Cl.NCc1ccc(F)c(-c2ccc(OCc3ccccc3)nc2)c1. The summed E-state index contributed by atoms with van der Waals surface area (Å²) in [6, 6.07) is 18.3. The molecule has 0 radical (unpaired) electrons. The molecule has 124 valence electrons. The van der Waals surface area contributed by atoms with Gasteiger partial charge in [0.05, 0.1) is 0 Å². The highest BCUT2D eigenvalue weighted by Crippen LogP contribution is 2.24. The molecule has 2 N–H and O–H groups in total. The topological polar surface area (TPSA) is 48.1 Å². The zero-order valence-electron chi connectivity index (χ0n) is 13.0. The van der Waals surface area contributed by atoms with Crippen LogP contribution in [-0.4, -0.2) is 4.98 Å². The molecule has 0 unspecified atom stereocenters. The van der Waals surface area contributed by atoms with Crippen molar-refractivity contribution in [1.82, 2.24) is 4.98 Å². The minimum atomic E-state index is -0.290. The van der Waals surface area contributed by atoms with Crippen molar-refractivity contribution in [2.24, 2.45) is 5.73 Å². The maximum atomic E-state index is 14.0. The van der Waals surface area contributed by atoms with Crippen LogP contribution in [0.4, 0.5) is 4.39 Å². The highest BCUT2D eigenvalue weighted by Gasteiger charge is 2.07. The van der Waals surface area contributed by atoms with Crippen LogP contribution in [0.2, 0.25) is 0 Å². The molecule has 3 aromatic rings. The summed E-state index contributed by atoms with van der Waals surface area (Å²) in [7, 11) is 0. The first-order valence-electron chi connectivity index (χ1n) is 7.38. The molecule has 0 spiro atoms. The minimum Gasteiger partial charge on any atom is -0.473 e. The standard InChI is InChI=1S/C19H17FN2O.ClH/c20-18-8-6-15(11-21)10-17(18)16-7-9-19(22-12-16)23-13-14-4-2-1-3-5-14;/h1-10,12H,11,13,21H2;1H. The lowest BCUT2D eigenvalue weighted by molar-refractivity contribution is 0.294. The molecule has 0 saturated carbocycles. The molecular weight excluding hydrogens is 327 g/mol. The summed E-state index contributed by atoms with van der Waals surface area (Å²) in [6.45, 7) is 0.823. The quantitative estimate of drug-likeness (QED) is 0.748. The summed E-state index contributed by atoms with van der Waals surface area (Å²) >= 11 is 0. The minimum absolute atomic E-state index is 0. The van der Waals surface area contributed by atoms with Crippen molar-refractivity contribution in [3.8, 4) is 17.0 Å². The van der Waals surface area contributed by atoms with Crippen molar-refractivity contribution < 1.29 is 9.13 Å². The second-order valence-electron chi connectivity index (χ2n) is 5.18. The van der Waals surface area contributed by atoms with Gasteiger partial charge in [0.1, 0.15) is 12.4 Å². The molecular formula is C19H18ClFN2O. The number of ether oxygens (including phenoxy) is 1. The van der Waals surface area contributed by atoms with E-state index in [2.05, 4.69) is 4.98 Å². The molecule has 2 aromatic carbocycles. The molecule has 0 aliphatic rings. The van der Waals surface area contributed by atoms with Crippen LogP contribution >= 0.6 is 12.4 Å². The highest BCUT2D eigenvalue weighted by atomic mass is 35.5. The van der Waals surface area contributed by atoms with E-state index >= 15 is 0 Å². The Labute approximate surface area is 146 Å². The van der Waals surface area contributed by atoms with Crippen LogP contribution in [0.15, 0.2) is 66.9 Å². The van der Waals surface area contributed by atoms with E-state index in [0.717, 1.165) is 11.1 Å². The van der Waals surface area contributed by atoms with Gasteiger partial charge < -0.3 is 10.5 Å². The average molecular weight is 345 g/mol. The number of nitrogens with zero attached hydrogens (tertiary/aromatic N) is 1. The van der Waals surface area contributed by atoms with Crippen molar-refractivity contribution in [3.63, 3.8) is 0 Å². The van der Waals surface area contributed by atoms with Gasteiger partial charge in [-0.15, -0.1) is 12.4 Å². The first-order valence-corrected chi connectivity index (χ1v) is 7.38. The smallest absolute Gasteiger partial charge is 0.213 e. The van der Waals surface area contributed by atoms with Crippen LogP contribution in [0, 0.1) is 5.82 Å². The van der Waals surface area contributed by atoms with Crippen molar-refractivity contribution in [2.75, 3.05) is 0 Å². The van der Waals surface area contributed by atoms with E-state index in [1.807, 2.05) is 30.3 Å². The van der Waals surface area contributed by atoms with Gasteiger partial charge in [-0.05, 0) is 29.3 Å². The Morgan fingerprint density at radius 2 is 1.75 bits per heavy atom. The Kier molecular flexibility index (Phi) is 6.29. The van der Waals surface area contributed by atoms with E-state index in [1.54, 1.807) is 30.5 Å². The Morgan fingerprint density at radius 1 is 0.958 bits per heavy atom. The normalized spacial score (nSPS) is 10.1. The predicted molar refractivity (Wildman–Crippen MR) is 95.5 cm³/mol. The Bertz CT molecular complexity index is 779. The molecule has 0 aliphatic heterocycles. The molecule has 1 aromatic heterocycles. The van der Waals surface area contributed by atoms with Gasteiger partial charge in [-0.3, -0.25) is 0 Å². The first kappa shape index (κ1) is 17.9. The van der Waals surface area contributed by atoms with Gasteiger partial charge in [0.15, 0.2) is 0 Å². The molecule has 3 rings (SSSR count). The van der Waals surface area contributed by atoms with Gasteiger partial charge in [-0.25, -0.2) is 9.37 Å². The van der Waals surface area contributed by atoms with Gasteiger partial charge >= 0.3 is 0 Å². The van der Waals surface area contributed by atoms with E-state index in [4.69, 9.17) is 10.5 Å². The second-order valence-corrected chi connectivity index (χ2v) is 5.18. The van der Waals surface area contributed by atoms with Gasteiger partial charge in [-0.2, -0.15) is 0 Å². The Morgan fingerprint density at radius 3 is 2.42 bits per heavy atom. The van der Waals surface area contributed by atoms with Crippen LogP contribution in [0.5, 0.6) is 5.88 Å². The summed E-state index contributed by atoms with van der Waals surface area (Å²) in [5.41, 5.74) is 8.75. The fourth-order valence-corrected chi connectivity index (χ4v) is 2.28. The van der Waals surface area contributed by atoms with Crippen LogP contribution in [-0.2, 0) is 13.2 Å². The molecule has 1 heterocycles. The summed E-state index contributed by atoms with van der Waals surface area (Å²) in [5.74, 6) is 0.218. The summed E-state index contributed by atoms with van der Waals surface area (Å²) in [6.07, 6.45) is 1.61. The van der Waals surface area contributed by atoms with Crippen molar-refractivity contribution >= 4 is 12.4 Å². The van der Waals surface area contributed by atoms with E-state index in [0.29, 0.717) is 30.2 Å². The van der Waals surface area contributed by atoms with Gasteiger partial charge in [0.25, 0.3) is 0 Å². The molecule has 3 nitrogen and oxygen atoms in total. The van der Waals surface area contributed by atoms with Gasteiger partial charge in [-0.1, -0.05) is 36.4 Å². The maximum absolute atomic E-state index is 14.0. The van der Waals surface area contributed by atoms with Crippen molar-refractivity contribution in [3.05, 3.63) is 83.8 Å². The van der Waals surface area contributed by atoms with Crippen LogP contribution < -0.4 is 10.5 Å². The van der Waals surface area contributed by atoms with Gasteiger partial charge in [0, 0.05) is 29.9 Å². The first-order chi connectivity index (χ1) is 11.3. The Hall–Kier alpha value is -2.43. The molecule has 0 aliphatic carbocycles. The average Bonchev–Trinajstić information content (AvgIpc) is 2.62. The lowest BCUT2D eigenvalue weighted by atomic mass is 10.0. The molecule has 24 heavy (non-hydrogen) atoms. The molecule has 0 saturated heterocycles. The van der Waals surface area contributed by atoms with E-state index in [1.165, 1.54) is 6.07 Å². The fourth-order valence-electron chi connectivity index (χ4n) is 2.28. The maximum Gasteiger partial charge on any atom is 0.213 e. The number of nitrogens with two attached hydrogens (primary N) is 1. The van der Waals surface area contributed by atoms with E-state index < -0.39 is 0 Å². The van der Waals surface area contributed by atoms with Crippen LogP contribution in [0.3, 0.4) is 0 Å². The molecule has 5 heteroatoms. The summed E-state index contributed by atoms with van der Waals surface area (Å²) in [4.78, 5) is 4.25. The summed E-state index contributed by atoms with van der Waals surface area (Å²) in [5, 5.41) is 0. The number of halogens is 2. The zero-order chi connectivity index (χ0) is 16.1. The third-order valence-corrected chi connectivity index (χ3v) is 3.54. The number of pyridine rings is 1. The third kappa shape index (κ3) is 4.31. The lowest BCUT2D eigenvalue weighted by Crippen LogP contribution is -1.98. The van der Waals surface area contributed by atoms with E-state index in [-0.39, 0.29) is 18.2 Å². The second kappa shape index (κ2) is 8.43. The van der Waals surface area contributed by atoms with Crippen LogP contribution in [0.1, 0.15) is 11.1 Å². The van der Waals surface area contributed by atoms with Crippen LogP contribution in [0.25, 0.3) is 11.1 Å². The van der Waals surface area contributed by atoms with Crippen molar-refractivity contribution in [1.29, 1.82) is 0 Å². The van der Waals surface area contributed by atoms with E-state index in [9.17, 15) is 4.39 Å². The third-order valence-electron chi connectivity index (χ3n) is 3.54. The lowest BCUT2D eigenvalue weighted by Gasteiger charge is -2.08. The number of aromatic nitrogens is 1. The van der Waals surface area contributed by atoms with Gasteiger partial charge in [0.2, 0.25) is 5.88 Å². The summed E-state index contributed by atoms with van der Waals surface area (Å²) < 4.78 is 19.6. The molecule has 0 fully saturated rings. The number of benzene rings is 2. The largest absolute Gasteiger partial charge is 0.473 e. The fraction of sp³-hybridized carbons (Fsp3) is 0.105. The molecule has 0 bridgehead atoms. The monoisotopic (exact) mass is 344 g/mol. The number of rotatable bonds is 5. The highest BCUT2D eigenvalue weighted by molar-refractivity contribution is 5.85.